The second kappa shape index (κ2) is 8.48. The van der Waals surface area contributed by atoms with Gasteiger partial charge in [-0.1, -0.05) is 42.5 Å². The van der Waals surface area contributed by atoms with Crippen molar-refractivity contribution in [2.24, 2.45) is 0 Å². The van der Waals surface area contributed by atoms with Crippen molar-refractivity contribution in [2.45, 2.75) is 32.1 Å². The van der Waals surface area contributed by atoms with E-state index in [0.717, 1.165) is 42.2 Å². The number of aryl methyl sites for hydroxylation is 2. The first kappa shape index (κ1) is 19.6. The average molecular weight is 424 g/mol. The van der Waals surface area contributed by atoms with E-state index in [9.17, 15) is 0 Å². The van der Waals surface area contributed by atoms with E-state index < -0.39 is 0 Å². The van der Waals surface area contributed by atoms with Crippen LogP contribution in [0.15, 0.2) is 71.1 Å². The van der Waals surface area contributed by atoms with Crippen LogP contribution in [0.25, 0.3) is 33.4 Å². The minimum Gasteiger partial charge on any atom is -0.492 e. The molecule has 0 N–H and O–H groups in total. The van der Waals surface area contributed by atoms with Crippen molar-refractivity contribution >= 4 is 11.0 Å². The molecule has 162 valence electrons. The molecule has 32 heavy (non-hydrogen) atoms. The van der Waals surface area contributed by atoms with Gasteiger partial charge in [0.25, 0.3) is 0 Å². The van der Waals surface area contributed by atoms with Crippen molar-refractivity contribution in [2.75, 3.05) is 26.2 Å². The molecule has 4 aromatic rings. The quantitative estimate of drug-likeness (QED) is 0.344. The minimum atomic E-state index is 0.745. The first-order chi connectivity index (χ1) is 15.8. The summed E-state index contributed by atoms with van der Waals surface area (Å²) in [7, 11) is 0. The summed E-state index contributed by atoms with van der Waals surface area (Å²) in [6.07, 6.45) is 6.21. The molecule has 3 aromatic carbocycles. The molecule has 3 heteroatoms. The molecular weight excluding hydrogens is 394 g/mol. The zero-order valence-electron chi connectivity index (χ0n) is 18.5. The summed E-state index contributed by atoms with van der Waals surface area (Å²) in [6, 6.07) is 23.6. The number of benzene rings is 3. The van der Waals surface area contributed by atoms with Crippen LogP contribution in [0.3, 0.4) is 0 Å². The monoisotopic (exact) mass is 423 g/mol. The van der Waals surface area contributed by atoms with Gasteiger partial charge in [0.1, 0.15) is 23.7 Å². The lowest BCUT2D eigenvalue weighted by Crippen LogP contribution is -2.25. The summed E-state index contributed by atoms with van der Waals surface area (Å²) in [6.45, 7) is 4.18. The number of hydrogen-bond acceptors (Lipinski definition) is 3. The molecule has 1 aliphatic carbocycles. The van der Waals surface area contributed by atoms with E-state index in [1.165, 1.54) is 66.4 Å². The normalized spacial score (nSPS) is 16.0. The topological polar surface area (TPSA) is 25.6 Å². The fourth-order valence-corrected chi connectivity index (χ4v) is 5.26. The second-order valence-corrected chi connectivity index (χ2v) is 9.06. The van der Waals surface area contributed by atoms with Gasteiger partial charge >= 0.3 is 0 Å². The number of hydrogen-bond donors (Lipinski definition) is 0. The number of fused-ring (bicyclic) bond motifs is 2. The zero-order chi connectivity index (χ0) is 21.3. The Morgan fingerprint density at radius 2 is 1.53 bits per heavy atom. The molecule has 6 rings (SSSR count). The first-order valence-corrected chi connectivity index (χ1v) is 11.9. The van der Waals surface area contributed by atoms with E-state index in [4.69, 9.17) is 9.15 Å². The summed E-state index contributed by atoms with van der Waals surface area (Å²) in [4.78, 5) is 2.48. The SMILES string of the molecule is c1ccc(-c2oc3cc4c(cc3c2-c2ccc(OCCN3CCCC3)cc2)CCC4)cc1. The fraction of sp³-hybridized carbons (Fsp3) is 0.310. The standard InChI is InChI=1S/C29H29NO2/c1-2-7-22(8-3-1)29-28(26-19-23-9-6-10-24(23)20-27(26)32-29)21-11-13-25(14-12-21)31-18-17-30-15-4-5-16-30/h1-3,7-8,11-14,19-20H,4-6,9-10,15-18H2. The summed E-state index contributed by atoms with van der Waals surface area (Å²) in [5, 5.41) is 1.22. The molecule has 1 aromatic heterocycles. The Morgan fingerprint density at radius 3 is 2.31 bits per heavy atom. The maximum Gasteiger partial charge on any atom is 0.143 e. The molecule has 1 aliphatic heterocycles. The maximum absolute atomic E-state index is 6.48. The van der Waals surface area contributed by atoms with Gasteiger partial charge in [-0.05, 0) is 86.1 Å². The fourth-order valence-electron chi connectivity index (χ4n) is 5.26. The minimum absolute atomic E-state index is 0.745. The highest BCUT2D eigenvalue weighted by Gasteiger charge is 2.21. The zero-order valence-corrected chi connectivity index (χ0v) is 18.5. The van der Waals surface area contributed by atoms with Gasteiger partial charge in [-0.2, -0.15) is 0 Å². The highest BCUT2D eigenvalue weighted by atomic mass is 16.5. The van der Waals surface area contributed by atoms with Crippen LogP contribution in [0.2, 0.25) is 0 Å². The van der Waals surface area contributed by atoms with E-state index in [0.29, 0.717) is 0 Å². The largest absolute Gasteiger partial charge is 0.492 e. The van der Waals surface area contributed by atoms with Gasteiger partial charge in [-0.25, -0.2) is 0 Å². The number of furan rings is 1. The highest BCUT2D eigenvalue weighted by molar-refractivity contribution is 6.02. The van der Waals surface area contributed by atoms with Crippen molar-refractivity contribution < 1.29 is 9.15 Å². The van der Waals surface area contributed by atoms with Crippen molar-refractivity contribution in [3.8, 4) is 28.2 Å². The Labute approximate surface area is 189 Å². The van der Waals surface area contributed by atoms with Gasteiger partial charge in [0.15, 0.2) is 0 Å². The molecule has 0 saturated carbocycles. The third kappa shape index (κ3) is 3.71. The van der Waals surface area contributed by atoms with Gasteiger partial charge in [0, 0.05) is 23.1 Å². The van der Waals surface area contributed by atoms with Crippen LogP contribution < -0.4 is 4.74 Å². The molecule has 1 saturated heterocycles. The average Bonchev–Trinajstić information content (AvgIpc) is 3.58. The number of rotatable bonds is 6. The van der Waals surface area contributed by atoms with Crippen LogP contribution >= 0.6 is 0 Å². The van der Waals surface area contributed by atoms with E-state index >= 15 is 0 Å². The van der Waals surface area contributed by atoms with Crippen molar-refractivity contribution in [1.29, 1.82) is 0 Å². The predicted octanol–water partition coefficient (Wildman–Crippen LogP) is 6.73. The molecule has 0 bridgehead atoms. The van der Waals surface area contributed by atoms with Crippen molar-refractivity contribution in [3.05, 3.63) is 77.9 Å². The third-order valence-electron chi connectivity index (χ3n) is 6.96. The summed E-state index contributed by atoms with van der Waals surface area (Å²) in [5.74, 6) is 1.88. The lowest BCUT2D eigenvalue weighted by Gasteiger charge is -2.15. The lowest BCUT2D eigenvalue weighted by atomic mass is 9.97. The molecule has 2 heterocycles. The number of likely N-dealkylation sites (tertiary alicyclic amines) is 1. The maximum atomic E-state index is 6.48. The van der Waals surface area contributed by atoms with Crippen LogP contribution in [0.5, 0.6) is 5.75 Å². The van der Waals surface area contributed by atoms with Crippen LogP contribution in [-0.4, -0.2) is 31.1 Å². The lowest BCUT2D eigenvalue weighted by molar-refractivity contribution is 0.238. The van der Waals surface area contributed by atoms with Gasteiger partial charge in [-0.3, -0.25) is 4.90 Å². The summed E-state index contributed by atoms with van der Waals surface area (Å²) in [5.41, 5.74) is 7.38. The smallest absolute Gasteiger partial charge is 0.143 e. The Morgan fingerprint density at radius 1 is 0.781 bits per heavy atom. The van der Waals surface area contributed by atoms with Crippen LogP contribution in [-0.2, 0) is 12.8 Å². The van der Waals surface area contributed by atoms with E-state index in [2.05, 4.69) is 71.6 Å². The predicted molar refractivity (Wildman–Crippen MR) is 130 cm³/mol. The Hall–Kier alpha value is -3.04. The first-order valence-electron chi connectivity index (χ1n) is 11.9. The molecule has 0 atom stereocenters. The van der Waals surface area contributed by atoms with Gasteiger partial charge in [-0.15, -0.1) is 0 Å². The van der Waals surface area contributed by atoms with Crippen LogP contribution in [0.1, 0.15) is 30.4 Å². The second-order valence-electron chi connectivity index (χ2n) is 9.06. The van der Waals surface area contributed by atoms with Crippen molar-refractivity contribution in [1.82, 2.24) is 4.90 Å². The Balaban J connectivity index is 1.34. The third-order valence-corrected chi connectivity index (χ3v) is 6.96. The molecule has 0 amide bonds. The molecule has 1 fully saturated rings. The van der Waals surface area contributed by atoms with Crippen molar-refractivity contribution in [3.63, 3.8) is 0 Å². The summed E-state index contributed by atoms with van der Waals surface area (Å²) < 4.78 is 12.5. The van der Waals surface area contributed by atoms with Gasteiger partial charge in [0.05, 0.1) is 0 Å². The molecule has 0 unspecified atom stereocenters. The van der Waals surface area contributed by atoms with E-state index in [1.807, 2.05) is 0 Å². The molecular formula is C29H29NO2. The van der Waals surface area contributed by atoms with E-state index in [1.54, 1.807) is 0 Å². The Bertz CT molecular complexity index is 1220. The van der Waals surface area contributed by atoms with Gasteiger partial charge < -0.3 is 9.15 Å². The van der Waals surface area contributed by atoms with E-state index in [-0.39, 0.29) is 0 Å². The van der Waals surface area contributed by atoms with Crippen LogP contribution in [0.4, 0.5) is 0 Å². The summed E-state index contributed by atoms with van der Waals surface area (Å²) >= 11 is 0. The number of ether oxygens (including phenoxy) is 1. The van der Waals surface area contributed by atoms with Gasteiger partial charge in [0.2, 0.25) is 0 Å². The highest BCUT2D eigenvalue weighted by Crippen LogP contribution is 2.43. The number of nitrogens with zero attached hydrogens (tertiary/aromatic N) is 1. The van der Waals surface area contributed by atoms with Crippen LogP contribution in [0, 0.1) is 0 Å². The molecule has 3 nitrogen and oxygen atoms in total. The molecule has 2 aliphatic rings. The Kier molecular flexibility index (Phi) is 5.20. The molecule has 0 spiro atoms. The molecule has 0 radical (unpaired) electrons.